The van der Waals surface area contributed by atoms with Gasteiger partial charge in [-0.2, -0.15) is 4.98 Å². The molecule has 2 bridgehead atoms. The van der Waals surface area contributed by atoms with E-state index in [-0.39, 0.29) is 60.3 Å². The highest BCUT2D eigenvalue weighted by molar-refractivity contribution is 5.85. The molecule has 2 fully saturated rings. The Morgan fingerprint density at radius 3 is 2.54 bits per heavy atom. The average Bonchev–Trinajstić information content (AvgIpc) is 3.39. The van der Waals surface area contributed by atoms with Crippen LogP contribution in [-0.2, 0) is 4.79 Å². The van der Waals surface area contributed by atoms with Crippen molar-refractivity contribution in [2.45, 2.75) is 19.4 Å². The third-order valence-corrected chi connectivity index (χ3v) is 7.13. The van der Waals surface area contributed by atoms with E-state index in [0.29, 0.717) is 5.95 Å². The first-order valence-electron chi connectivity index (χ1n) is 11.5. The molecule has 5 rings (SSSR count). The van der Waals surface area contributed by atoms with Crippen molar-refractivity contribution >= 4 is 53.9 Å². The molecule has 1 aromatic heterocycles. The van der Waals surface area contributed by atoms with E-state index in [1.807, 2.05) is 12.1 Å². The van der Waals surface area contributed by atoms with Crippen LogP contribution in [0.15, 0.2) is 36.5 Å². The molecule has 11 heteroatoms. The fraction of sp³-hybridized carbons (Fsp3) is 0.458. The van der Waals surface area contributed by atoms with Gasteiger partial charge in [-0.15, -0.1) is 24.8 Å². The van der Waals surface area contributed by atoms with Crippen molar-refractivity contribution in [2.75, 3.05) is 48.8 Å². The fourth-order valence-electron chi connectivity index (χ4n) is 5.36. The van der Waals surface area contributed by atoms with E-state index in [1.54, 1.807) is 0 Å². The van der Waals surface area contributed by atoms with Gasteiger partial charge in [0.05, 0.1) is 12.1 Å². The molecule has 3 aliphatic rings. The fourth-order valence-corrected chi connectivity index (χ4v) is 5.36. The Hall–Kier alpha value is -2.62. The number of allylic oxidation sites excluding steroid dienone is 1. The summed E-state index contributed by atoms with van der Waals surface area (Å²) >= 11 is 0. The normalized spacial score (nSPS) is 25.1. The van der Waals surface area contributed by atoms with E-state index in [1.165, 1.54) is 5.69 Å². The monoisotopic (exact) mass is 523 g/mol. The maximum Gasteiger partial charge on any atom is 0.229 e. The molecule has 2 aliphatic carbocycles. The number of hydrogen-bond donors (Lipinski definition) is 3. The van der Waals surface area contributed by atoms with Crippen LogP contribution in [0.25, 0.3) is 0 Å². The van der Waals surface area contributed by atoms with Crippen LogP contribution in [-0.4, -0.2) is 60.0 Å². The van der Waals surface area contributed by atoms with Gasteiger partial charge in [-0.05, 0) is 56.0 Å². The number of hydrogen-bond acceptors (Lipinski definition) is 7. The van der Waals surface area contributed by atoms with E-state index >= 15 is 0 Å². The first kappa shape index (κ1) is 27.0. The molecule has 0 unspecified atom stereocenters. The number of carbonyl (C=O) groups is 1. The Kier molecular flexibility index (Phi) is 8.46. The zero-order chi connectivity index (χ0) is 23.1. The number of nitrogens with two attached hydrogens (primary N) is 1. The molecule has 0 radical (unpaired) electrons. The van der Waals surface area contributed by atoms with Gasteiger partial charge in [-0.3, -0.25) is 4.79 Å². The number of nitrogens with one attached hydrogen (secondary N) is 2. The number of nitrogens with zero attached hydrogens (tertiary/aromatic N) is 4. The van der Waals surface area contributed by atoms with Crippen LogP contribution >= 0.6 is 24.8 Å². The van der Waals surface area contributed by atoms with E-state index in [2.05, 4.69) is 62.6 Å². The quantitative estimate of drug-likeness (QED) is 0.499. The predicted molar refractivity (Wildman–Crippen MR) is 141 cm³/mol. The molecule has 8 nitrogen and oxygen atoms in total. The van der Waals surface area contributed by atoms with Gasteiger partial charge in [-0.1, -0.05) is 12.2 Å². The zero-order valence-electron chi connectivity index (χ0n) is 19.8. The predicted octanol–water partition coefficient (Wildman–Crippen LogP) is 3.35. The Balaban J connectivity index is 0.00000171. The van der Waals surface area contributed by atoms with Crippen molar-refractivity contribution in [1.82, 2.24) is 14.9 Å². The molecular weight excluding hydrogens is 492 g/mol. The third kappa shape index (κ3) is 5.47. The summed E-state index contributed by atoms with van der Waals surface area (Å²) in [4.78, 5) is 25.2. The second-order valence-corrected chi connectivity index (χ2v) is 9.35. The summed E-state index contributed by atoms with van der Waals surface area (Å²) in [7, 11) is 2.14. The number of aryl methyl sites for hydroxylation is 1. The summed E-state index contributed by atoms with van der Waals surface area (Å²) < 4.78 is 14.5. The second-order valence-electron chi connectivity index (χ2n) is 9.35. The Bertz CT molecular complexity index is 1090. The summed E-state index contributed by atoms with van der Waals surface area (Å²) in [6.07, 6.45) is 6.11. The van der Waals surface area contributed by atoms with Crippen LogP contribution in [0.5, 0.6) is 0 Å². The van der Waals surface area contributed by atoms with Crippen molar-refractivity contribution in [3.05, 3.63) is 47.9 Å². The van der Waals surface area contributed by atoms with Crippen LogP contribution in [0.2, 0.25) is 0 Å². The molecule has 1 amide bonds. The van der Waals surface area contributed by atoms with Gasteiger partial charge in [0.1, 0.15) is 0 Å². The molecule has 190 valence electrons. The van der Waals surface area contributed by atoms with Crippen molar-refractivity contribution in [3.8, 4) is 0 Å². The number of carbonyl (C=O) groups excluding carboxylic acids is 1. The lowest BCUT2D eigenvalue weighted by Crippen LogP contribution is -2.44. The van der Waals surface area contributed by atoms with Crippen LogP contribution in [0.3, 0.4) is 0 Å². The van der Waals surface area contributed by atoms with Gasteiger partial charge in [-0.25, -0.2) is 9.37 Å². The maximum absolute atomic E-state index is 14.5. The average molecular weight is 524 g/mol. The largest absolute Gasteiger partial charge is 0.369 e. The molecular formula is C24H32Cl2FN7O. The Morgan fingerprint density at radius 1 is 1.14 bits per heavy atom. The maximum atomic E-state index is 14.5. The van der Waals surface area contributed by atoms with Crippen molar-refractivity contribution in [2.24, 2.45) is 23.5 Å². The van der Waals surface area contributed by atoms with Crippen molar-refractivity contribution < 1.29 is 9.18 Å². The van der Waals surface area contributed by atoms with Gasteiger partial charge < -0.3 is 26.2 Å². The summed E-state index contributed by atoms with van der Waals surface area (Å²) in [5, 5.41) is 6.32. The van der Waals surface area contributed by atoms with Gasteiger partial charge in [0, 0.05) is 43.6 Å². The zero-order valence-corrected chi connectivity index (χ0v) is 21.4. The van der Waals surface area contributed by atoms with E-state index in [4.69, 9.17) is 5.73 Å². The molecule has 2 aromatic rings. The number of rotatable bonds is 6. The summed E-state index contributed by atoms with van der Waals surface area (Å²) in [6, 6.07) is 5.88. The number of likely N-dealkylation sites (N-methyl/N-ethyl adjacent to an activating group) is 1. The van der Waals surface area contributed by atoms with Gasteiger partial charge >= 0.3 is 0 Å². The van der Waals surface area contributed by atoms with Crippen LogP contribution in [0.4, 0.5) is 27.5 Å². The van der Waals surface area contributed by atoms with Crippen molar-refractivity contribution in [1.29, 1.82) is 0 Å². The SMILES string of the molecule is Cc1cc(Nc2ncc(F)c(N[C@H]3[C@@H](C(N)=O)[C@H]4C=C[C@H]3C4)n2)ccc1N1CCN(C)CC1.Cl.Cl. The highest BCUT2D eigenvalue weighted by atomic mass is 35.5. The summed E-state index contributed by atoms with van der Waals surface area (Å²) in [5.41, 5.74) is 8.84. The first-order valence-corrected chi connectivity index (χ1v) is 11.5. The molecule has 4 N–H and O–H groups in total. The second kappa shape index (κ2) is 11.0. The lowest BCUT2D eigenvalue weighted by Gasteiger charge is -2.35. The molecule has 1 aliphatic heterocycles. The number of piperazine rings is 1. The molecule has 4 atom stereocenters. The lowest BCUT2D eigenvalue weighted by molar-refractivity contribution is -0.122. The van der Waals surface area contributed by atoms with E-state index < -0.39 is 5.82 Å². The molecule has 1 saturated heterocycles. The smallest absolute Gasteiger partial charge is 0.229 e. The number of anilines is 4. The van der Waals surface area contributed by atoms with Crippen molar-refractivity contribution in [3.63, 3.8) is 0 Å². The number of primary amides is 1. The lowest BCUT2D eigenvalue weighted by atomic mass is 9.88. The van der Waals surface area contributed by atoms with Crippen LogP contribution < -0.4 is 21.3 Å². The third-order valence-electron chi connectivity index (χ3n) is 7.13. The van der Waals surface area contributed by atoms with E-state index in [9.17, 15) is 9.18 Å². The number of amides is 1. The molecule has 0 spiro atoms. The minimum atomic E-state index is -0.558. The van der Waals surface area contributed by atoms with Gasteiger partial charge in [0.2, 0.25) is 11.9 Å². The standard InChI is InChI=1S/C24H30FN7O.2ClH/c1-14-11-17(5-6-19(14)32-9-7-31(2)8-10-32)28-24-27-13-18(25)23(30-24)29-21-16-4-3-15(12-16)20(21)22(26)33;;/h3-6,11,13,15-16,20-21H,7-10,12H2,1-2H3,(H2,26,33)(H2,27,28,29,30);2*1H/t15-,16-,20-,21+;;/m0../s1. The van der Waals surface area contributed by atoms with Gasteiger partial charge in [0.25, 0.3) is 0 Å². The van der Waals surface area contributed by atoms with Crippen LogP contribution in [0.1, 0.15) is 12.0 Å². The van der Waals surface area contributed by atoms with E-state index in [0.717, 1.165) is 50.0 Å². The Labute approximate surface area is 217 Å². The van der Waals surface area contributed by atoms with Crippen LogP contribution in [0, 0.1) is 30.5 Å². The number of fused-ring (bicyclic) bond motifs is 2. The molecule has 35 heavy (non-hydrogen) atoms. The molecule has 2 heterocycles. The number of halogens is 3. The minimum absolute atomic E-state index is 0. The highest BCUT2D eigenvalue weighted by Crippen LogP contribution is 2.45. The topological polar surface area (TPSA) is 99.4 Å². The Morgan fingerprint density at radius 2 is 1.86 bits per heavy atom. The number of benzene rings is 1. The summed E-state index contributed by atoms with van der Waals surface area (Å²) in [5.74, 6) is -0.673. The molecule has 1 saturated carbocycles. The number of aromatic nitrogens is 2. The first-order chi connectivity index (χ1) is 15.9. The molecule has 1 aromatic carbocycles. The summed E-state index contributed by atoms with van der Waals surface area (Å²) in [6.45, 7) is 6.20. The minimum Gasteiger partial charge on any atom is -0.369 e. The van der Waals surface area contributed by atoms with Gasteiger partial charge in [0.15, 0.2) is 11.6 Å². The highest BCUT2D eigenvalue weighted by Gasteiger charge is 2.47.